The third kappa shape index (κ3) is 3.22. The summed E-state index contributed by atoms with van der Waals surface area (Å²) in [5.41, 5.74) is 0.625. The van der Waals surface area contributed by atoms with Crippen molar-refractivity contribution in [3.63, 3.8) is 0 Å². The Kier molecular flexibility index (Phi) is 5.28. The lowest BCUT2D eigenvalue weighted by Crippen LogP contribution is -2.36. The smallest absolute Gasteiger partial charge is 0.255 e. The van der Waals surface area contributed by atoms with E-state index in [-0.39, 0.29) is 11.9 Å². The molecule has 1 aromatic rings. The molecular weight excluding hydrogens is 357 g/mol. The molecule has 1 atom stereocenters. The largest absolute Gasteiger partial charge is 0.338 e. The predicted octanol–water partition coefficient (Wildman–Crippen LogP) is 3.96. The molecular formula is C11H12Br2ClNO. The van der Waals surface area contributed by atoms with Crippen molar-refractivity contribution in [2.24, 2.45) is 0 Å². The SMILES string of the molecule is CC(CBr)N(C)C(=O)c1ccc(Cl)cc1Br. The van der Waals surface area contributed by atoms with Gasteiger partial charge in [-0.25, -0.2) is 0 Å². The number of carbonyl (C=O) groups is 1. The zero-order chi connectivity index (χ0) is 12.3. The maximum Gasteiger partial charge on any atom is 0.255 e. The Morgan fingerprint density at radius 3 is 2.69 bits per heavy atom. The van der Waals surface area contributed by atoms with E-state index < -0.39 is 0 Å². The van der Waals surface area contributed by atoms with E-state index in [9.17, 15) is 4.79 Å². The van der Waals surface area contributed by atoms with Crippen LogP contribution in [0.25, 0.3) is 0 Å². The molecule has 0 spiro atoms. The van der Waals surface area contributed by atoms with E-state index in [0.29, 0.717) is 10.6 Å². The summed E-state index contributed by atoms with van der Waals surface area (Å²) < 4.78 is 0.721. The Labute approximate surface area is 117 Å². The summed E-state index contributed by atoms with van der Waals surface area (Å²) in [6, 6.07) is 5.31. The standard InChI is InChI=1S/C11H12Br2ClNO/c1-7(6-12)15(2)11(16)9-4-3-8(14)5-10(9)13/h3-5,7H,6H2,1-2H3. The molecule has 0 saturated carbocycles. The first kappa shape index (κ1) is 14.0. The van der Waals surface area contributed by atoms with Gasteiger partial charge in [-0.15, -0.1) is 0 Å². The highest BCUT2D eigenvalue weighted by molar-refractivity contribution is 9.10. The van der Waals surface area contributed by atoms with Crippen LogP contribution in [0.15, 0.2) is 22.7 Å². The van der Waals surface area contributed by atoms with Crippen LogP contribution < -0.4 is 0 Å². The van der Waals surface area contributed by atoms with E-state index in [1.54, 1.807) is 30.1 Å². The summed E-state index contributed by atoms with van der Waals surface area (Å²) in [7, 11) is 1.79. The fourth-order valence-corrected chi connectivity index (χ4v) is 2.44. The quantitative estimate of drug-likeness (QED) is 0.739. The van der Waals surface area contributed by atoms with Crippen LogP contribution in [-0.2, 0) is 0 Å². The Bertz CT molecular complexity index is 398. The molecule has 0 aliphatic rings. The van der Waals surface area contributed by atoms with E-state index in [1.807, 2.05) is 6.92 Å². The number of amides is 1. The normalized spacial score (nSPS) is 12.3. The van der Waals surface area contributed by atoms with Gasteiger partial charge in [0.25, 0.3) is 5.91 Å². The molecule has 0 aromatic heterocycles. The van der Waals surface area contributed by atoms with Crippen molar-refractivity contribution in [2.75, 3.05) is 12.4 Å². The fourth-order valence-electron chi connectivity index (χ4n) is 1.16. The monoisotopic (exact) mass is 367 g/mol. The van der Waals surface area contributed by atoms with Crippen molar-refractivity contribution in [3.8, 4) is 0 Å². The molecule has 0 bridgehead atoms. The fraction of sp³-hybridized carbons (Fsp3) is 0.364. The maximum absolute atomic E-state index is 12.1. The van der Waals surface area contributed by atoms with E-state index in [2.05, 4.69) is 31.9 Å². The van der Waals surface area contributed by atoms with Crippen LogP contribution in [0.1, 0.15) is 17.3 Å². The van der Waals surface area contributed by atoms with Gasteiger partial charge in [0, 0.05) is 27.9 Å². The van der Waals surface area contributed by atoms with E-state index >= 15 is 0 Å². The van der Waals surface area contributed by atoms with Gasteiger partial charge in [0.15, 0.2) is 0 Å². The van der Waals surface area contributed by atoms with Crippen molar-refractivity contribution in [1.29, 1.82) is 0 Å². The van der Waals surface area contributed by atoms with Gasteiger partial charge in [0.1, 0.15) is 0 Å². The topological polar surface area (TPSA) is 20.3 Å². The molecule has 88 valence electrons. The van der Waals surface area contributed by atoms with Gasteiger partial charge in [-0.2, -0.15) is 0 Å². The van der Waals surface area contributed by atoms with Gasteiger partial charge in [0.05, 0.1) is 5.56 Å². The first-order chi connectivity index (χ1) is 7.47. The molecule has 0 aliphatic heterocycles. The Morgan fingerprint density at radius 2 is 2.19 bits per heavy atom. The number of hydrogen-bond donors (Lipinski definition) is 0. The third-order valence-electron chi connectivity index (χ3n) is 2.37. The van der Waals surface area contributed by atoms with E-state index in [0.717, 1.165) is 9.80 Å². The van der Waals surface area contributed by atoms with Crippen molar-refractivity contribution in [2.45, 2.75) is 13.0 Å². The molecule has 0 saturated heterocycles. The van der Waals surface area contributed by atoms with E-state index in [4.69, 9.17) is 11.6 Å². The highest BCUT2D eigenvalue weighted by atomic mass is 79.9. The van der Waals surface area contributed by atoms with E-state index in [1.165, 1.54) is 0 Å². The molecule has 16 heavy (non-hydrogen) atoms. The number of rotatable bonds is 3. The minimum atomic E-state index is -0.0181. The van der Waals surface area contributed by atoms with Crippen LogP contribution in [0.3, 0.4) is 0 Å². The Morgan fingerprint density at radius 1 is 1.56 bits per heavy atom. The molecule has 0 aliphatic carbocycles. The summed E-state index contributed by atoms with van der Waals surface area (Å²) in [6.45, 7) is 1.98. The lowest BCUT2D eigenvalue weighted by atomic mass is 10.2. The number of alkyl halides is 1. The second-order valence-electron chi connectivity index (χ2n) is 3.54. The molecule has 0 N–H and O–H groups in total. The minimum Gasteiger partial charge on any atom is -0.338 e. The molecule has 1 rings (SSSR count). The molecule has 1 unspecified atom stereocenters. The predicted molar refractivity (Wildman–Crippen MR) is 74.5 cm³/mol. The van der Waals surface area contributed by atoms with Crippen LogP contribution in [-0.4, -0.2) is 29.2 Å². The lowest BCUT2D eigenvalue weighted by molar-refractivity contribution is 0.0757. The highest BCUT2D eigenvalue weighted by Gasteiger charge is 2.18. The van der Waals surface area contributed by atoms with Gasteiger partial charge >= 0.3 is 0 Å². The molecule has 0 radical (unpaired) electrons. The number of carbonyl (C=O) groups excluding carboxylic acids is 1. The maximum atomic E-state index is 12.1. The van der Waals surface area contributed by atoms with Crippen molar-refractivity contribution >= 4 is 49.4 Å². The van der Waals surface area contributed by atoms with Gasteiger partial charge in [-0.1, -0.05) is 27.5 Å². The van der Waals surface area contributed by atoms with Crippen LogP contribution in [0, 0.1) is 0 Å². The van der Waals surface area contributed by atoms with Gasteiger partial charge in [-0.05, 0) is 41.1 Å². The molecule has 5 heteroatoms. The minimum absolute atomic E-state index is 0.0181. The molecule has 0 heterocycles. The van der Waals surface area contributed by atoms with Crippen LogP contribution in [0.2, 0.25) is 5.02 Å². The zero-order valence-electron chi connectivity index (χ0n) is 9.01. The second-order valence-corrected chi connectivity index (χ2v) is 5.48. The lowest BCUT2D eigenvalue weighted by Gasteiger charge is -2.23. The summed E-state index contributed by atoms with van der Waals surface area (Å²) in [6.07, 6.45) is 0. The number of nitrogens with zero attached hydrogens (tertiary/aromatic N) is 1. The second kappa shape index (κ2) is 6.03. The summed E-state index contributed by atoms with van der Waals surface area (Å²) in [5, 5.41) is 1.36. The number of benzene rings is 1. The third-order valence-corrected chi connectivity index (χ3v) is 4.19. The average molecular weight is 369 g/mol. The van der Waals surface area contributed by atoms with Crippen molar-refractivity contribution < 1.29 is 4.79 Å². The summed E-state index contributed by atoms with van der Waals surface area (Å²) in [5.74, 6) is -0.0181. The van der Waals surface area contributed by atoms with Crippen LogP contribution >= 0.6 is 43.5 Å². The van der Waals surface area contributed by atoms with Crippen LogP contribution in [0.4, 0.5) is 0 Å². The summed E-state index contributed by atoms with van der Waals surface area (Å²) in [4.78, 5) is 13.8. The highest BCUT2D eigenvalue weighted by Crippen LogP contribution is 2.23. The van der Waals surface area contributed by atoms with Crippen LogP contribution in [0.5, 0.6) is 0 Å². The molecule has 2 nitrogen and oxygen atoms in total. The number of hydrogen-bond acceptors (Lipinski definition) is 1. The number of halogens is 3. The average Bonchev–Trinajstić information content (AvgIpc) is 2.26. The molecule has 0 fully saturated rings. The molecule has 1 aromatic carbocycles. The summed E-state index contributed by atoms with van der Waals surface area (Å²) >= 11 is 12.5. The zero-order valence-corrected chi connectivity index (χ0v) is 12.9. The Hall–Kier alpha value is -0.0600. The van der Waals surface area contributed by atoms with Crippen molar-refractivity contribution in [3.05, 3.63) is 33.3 Å². The van der Waals surface area contributed by atoms with Gasteiger partial charge < -0.3 is 4.90 Å². The first-order valence-electron chi connectivity index (χ1n) is 4.75. The van der Waals surface area contributed by atoms with Gasteiger partial charge in [0.2, 0.25) is 0 Å². The Balaban J connectivity index is 2.96. The first-order valence-corrected chi connectivity index (χ1v) is 7.04. The molecule has 1 amide bonds. The van der Waals surface area contributed by atoms with Gasteiger partial charge in [-0.3, -0.25) is 4.79 Å². The van der Waals surface area contributed by atoms with Crippen molar-refractivity contribution in [1.82, 2.24) is 4.90 Å².